The van der Waals surface area contributed by atoms with Crippen molar-refractivity contribution >= 4 is 17.7 Å². The SMILES string of the molecule is O=C1NN=C(c2cccnn2)C1=Cc1[nH]c2c(c1CN1CCOCC1)CCCC2. The molecule has 2 N–H and O–H groups in total. The van der Waals surface area contributed by atoms with Crippen molar-refractivity contribution < 1.29 is 9.53 Å². The van der Waals surface area contributed by atoms with E-state index >= 15 is 0 Å². The van der Waals surface area contributed by atoms with E-state index in [-0.39, 0.29) is 5.91 Å². The van der Waals surface area contributed by atoms with E-state index in [2.05, 4.69) is 30.6 Å². The first-order valence-corrected chi connectivity index (χ1v) is 10.2. The first-order valence-electron chi connectivity index (χ1n) is 10.2. The van der Waals surface area contributed by atoms with Crippen LogP contribution in [-0.4, -0.2) is 58.0 Å². The van der Waals surface area contributed by atoms with E-state index in [0.717, 1.165) is 51.4 Å². The monoisotopic (exact) mass is 392 g/mol. The lowest BCUT2D eigenvalue weighted by atomic mass is 9.93. The number of aromatic amines is 1. The van der Waals surface area contributed by atoms with Crippen molar-refractivity contribution in [2.45, 2.75) is 32.2 Å². The quantitative estimate of drug-likeness (QED) is 0.768. The third kappa shape index (κ3) is 3.61. The largest absolute Gasteiger partial charge is 0.379 e. The standard InChI is InChI=1S/C21H24N6O2/c28-21-15(20(25-26-21)18-6-3-7-22-24-18)12-19-16(13-27-8-10-29-11-9-27)14-4-1-2-5-17(14)23-19/h3,6-7,12,23H,1-2,4-5,8-11,13H2,(H,26,28). The zero-order valence-electron chi connectivity index (χ0n) is 16.3. The Kier molecular flexibility index (Phi) is 4.95. The Bertz CT molecular complexity index is 973. The van der Waals surface area contributed by atoms with Crippen LogP contribution in [0.4, 0.5) is 0 Å². The van der Waals surface area contributed by atoms with Crippen LogP contribution < -0.4 is 5.43 Å². The fourth-order valence-electron chi connectivity index (χ4n) is 4.30. The molecule has 0 atom stereocenters. The van der Waals surface area contributed by atoms with Gasteiger partial charge in [-0.2, -0.15) is 10.2 Å². The molecule has 150 valence electrons. The summed E-state index contributed by atoms with van der Waals surface area (Å²) < 4.78 is 5.50. The van der Waals surface area contributed by atoms with Crippen molar-refractivity contribution in [2.24, 2.45) is 5.10 Å². The van der Waals surface area contributed by atoms with Gasteiger partial charge in [0.25, 0.3) is 5.91 Å². The molecule has 5 rings (SSSR count). The van der Waals surface area contributed by atoms with E-state index in [1.54, 1.807) is 12.3 Å². The van der Waals surface area contributed by atoms with E-state index < -0.39 is 0 Å². The van der Waals surface area contributed by atoms with E-state index in [0.29, 0.717) is 17.0 Å². The van der Waals surface area contributed by atoms with Crippen LogP contribution in [0.1, 0.15) is 41.1 Å². The fourth-order valence-corrected chi connectivity index (χ4v) is 4.30. The molecule has 8 nitrogen and oxygen atoms in total. The van der Waals surface area contributed by atoms with Crippen molar-refractivity contribution in [1.29, 1.82) is 0 Å². The number of carbonyl (C=O) groups excluding carboxylic acids is 1. The highest BCUT2D eigenvalue weighted by atomic mass is 16.5. The zero-order valence-corrected chi connectivity index (χ0v) is 16.3. The molecule has 0 saturated carbocycles. The van der Waals surface area contributed by atoms with Crippen molar-refractivity contribution in [1.82, 2.24) is 25.5 Å². The van der Waals surface area contributed by atoms with E-state index in [9.17, 15) is 4.79 Å². The molecule has 1 amide bonds. The molecule has 1 saturated heterocycles. The van der Waals surface area contributed by atoms with Gasteiger partial charge in [0.2, 0.25) is 0 Å². The van der Waals surface area contributed by atoms with Crippen LogP contribution in [0.5, 0.6) is 0 Å². The summed E-state index contributed by atoms with van der Waals surface area (Å²) in [7, 11) is 0. The normalized spacial score (nSPS) is 21.2. The van der Waals surface area contributed by atoms with Gasteiger partial charge in [-0.1, -0.05) is 0 Å². The molecule has 1 aliphatic carbocycles. The summed E-state index contributed by atoms with van der Waals surface area (Å²) >= 11 is 0. The molecular formula is C21H24N6O2. The maximum Gasteiger partial charge on any atom is 0.273 e. The van der Waals surface area contributed by atoms with Crippen molar-refractivity contribution in [3.05, 3.63) is 52.1 Å². The number of nitrogens with one attached hydrogen (secondary N) is 2. The molecule has 1 fully saturated rings. The summed E-state index contributed by atoms with van der Waals surface area (Å²) in [5.74, 6) is -0.212. The van der Waals surface area contributed by atoms with Gasteiger partial charge in [-0.25, -0.2) is 5.43 Å². The van der Waals surface area contributed by atoms with Crippen LogP contribution in [0.2, 0.25) is 0 Å². The van der Waals surface area contributed by atoms with Crippen molar-refractivity contribution in [2.75, 3.05) is 26.3 Å². The van der Waals surface area contributed by atoms with Crippen molar-refractivity contribution in [3.63, 3.8) is 0 Å². The number of hydrazone groups is 1. The Morgan fingerprint density at radius 2 is 2.07 bits per heavy atom. The molecule has 29 heavy (non-hydrogen) atoms. The molecule has 0 unspecified atom stereocenters. The Morgan fingerprint density at radius 1 is 1.21 bits per heavy atom. The van der Waals surface area contributed by atoms with Gasteiger partial charge in [0, 0.05) is 37.2 Å². The first kappa shape index (κ1) is 18.2. The molecule has 0 aromatic carbocycles. The molecule has 0 spiro atoms. The number of aryl methyl sites for hydroxylation is 1. The van der Waals surface area contributed by atoms with Gasteiger partial charge in [0.1, 0.15) is 11.4 Å². The van der Waals surface area contributed by atoms with E-state index in [1.807, 2.05) is 12.1 Å². The minimum Gasteiger partial charge on any atom is -0.379 e. The number of fused-ring (bicyclic) bond motifs is 1. The number of hydrogen-bond acceptors (Lipinski definition) is 6. The smallest absolute Gasteiger partial charge is 0.273 e. The van der Waals surface area contributed by atoms with E-state index in [4.69, 9.17) is 4.74 Å². The molecule has 0 radical (unpaired) electrons. The fraction of sp³-hybridized carbons (Fsp3) is 0.429. The average Bonchev–Trinajstić information content (AvgIpc) is 3.30. The Morgan fingerprint density at radius 3 is 2.90 bits per heavy atom. The number of rotatable bonds is 4. The van der Waals surface area contributed by atoms with Gasteiger partial charge in [0.15, 0.2) is 0 Å². The van der Waals surface area contributed by atoms with Gasteiger partial charge >= 0.3 is 0 Å². The summed E-state index contributed by atoms with van der Waals surface area (Å²) in [6.45, 7) is 4.28. The lowest BCUT2D eigenvalue weighted by Crippen LogP contribution is -2.36. The maximum atomic E-state index is 12.5. The van der Waals surface area contributed by atoms with Gasteiger partial charge in [-0.3, -0.25) is 9.69 Å². The minimum atomic E-state index is -0.212. The number of amides is 1. The molecule has 2 aromatic heterocycles. The molecule has 4 heterocycles. The number of hydrogen-bond donors (Lipinski definition) is 2. The molecule has 8 heteroatoms. The summed E-state index contributed by atoms with van der Waals surface area (Å²) in [5.41, 5.74) is 9.25. The molecule has 0 bridgehead atoms. The number of aromatic nitrogens is 3. The van der Waals surface area contributed by atoms with Crippen LogP contribution in [-0.2, 0) is 28.9 Å². The van der Waals surface area contributed by atoms with Gasteiger partial charge in [-0.15, -0.1) is 5.10 Å². The number of nitrogens with zero attached hydrogens (tertiary/aromatic N) is 4. The second-order valence-electron chi connectivity index (χ2n) is 7.64. The second-order valence-corrected chi connectivity index (χ2v) is 7.64. The van der Waals surface area contributed by atoms with Gasteiger partial charge < -0.3 is 9.72 Å². The third-order valence-corrected chi connectivity index (χ3v) is 5.80. The van der Waals surface area contributed by atoms with Crippen LogP contribution in [0, 0.1) is 0 Å². The third-order valence-electron chi connectivity index (χ3n) is 5.80. The van der Waals surface area contributed by atoms with Crippen LogP contribution >= 0.6 is 0 Å². The number of ether oxygens (including phenoxy) is 1. The Labute approximate surface area is 169 Å². The summed E-state index contributed by atoms with van der Waals surface area (Å²) in [6.07, 6.45) is 8.11. The molecule has 2 aromatic rings. The number of morpholine rings is 1. The van der Waals surface area contributed by atoms with Crippen LogP contribution in [0.15, 0.2) is 29.0 Å². The Balaban J connectivity index is 1.53. The van der Waals surface area contributed by atoms with Crippen LogP contribution in [0.25, 0.3) is 6.08 Å². The number of carbonyl (C=O) groups is 1. The first-order chi connectivity index (χ1) is 14.3. The minimum absolute atomic E-state index is 0.212. The maximum absolute atomic E-state index is 12.5. The highest BCUT2D eigenvalue weighted by Gasteiger charge is 2.28. The lowest BCUT2D eigenvalue weighted by Gasteiger charge is -2.27. The molecule has 3 aliphatic rings. The number of H-pyrrole nitrogens is 1. The molecular weight excluding hydrogens is 368 g/mol. The molecule has 2 aliphatic heterocycles. The zero-order chi connectivity index (χ0) is 19.6. The summed E-state index contributed by atoms with van der Waals surface area (Å²) in [6, 6.07) is 3.61. The average molecular weight is 392 g/mol. The second kappa shape index (κ2) is 7.88. The highest BCUT2D eigenvalue weighted by Crippen LogP contribution is 2.30. The predicted molar refractivity (Wildman–Crippen MR) is 108 cm³/mol. The highest BCUT2D eigenvalue weighted by molar-refractivity contribution is 6.32. The van der Waals surface area contributed by atoms with Gasteiger partial charge in [0.05, 0.1) is 18.8 Å². The summed E-state index contributed by atoms with van der Waals surface area (Å²) in [5, 5.41) is 12.2. The lowest BCUT2D eigenvalue weighted by molar-refractivity contribution is -0.116. The van der Waals surface area contributed by atoms with E-state index in [1.165, 1.54) is 29.7 Å². The predicted octanol–water partition coefficient (Wildman–Crippen LogP) is 1.43. The van der Waals surface area contributed by atoms with Gasteiger partial charge in [-0.05, 0) is 55.0 Å². The van der Waals surface area contributed by atoms with Crippen molar-refractivity contribution in [3.8, 4) is 0 Å². The topological polar surface area (TPSA) is 95.5 Å². The summed E-state index contributed by atoms with van der Waals surface area (Å²) in [4.78, 5) is 18.6. The Hall–Kier alpha value is -2.84. The van der Waals surface area contributed by atoms with Crippen LogP contribution in [0.3, 0.4) is 0 Å².